The predicted molar refractivity (Wildman–Crippen MR) is 104 cm³/mol. The van der Waals surface area contributed by atoms with Gasteiger partial charge in [0, 0.05) is 30.6 Å². The molecule has 0 aliphatic carbocycles. The van der Waals surface area contributed by atoms with E-state index in [1.54, 1.807) is 50.2 Å². The first-order valence-corrected chi connectivity index (χ1v) is 9.76. The number of hydrogen-bond donors (Lipinski definition) is 0. The fraction of sp³-hybridized carbons (Fsp3) is 0.150. The molecule has 0 saturated carbocycles. The van der Waals surface area contributed by atoms with Crippen LogP contribution in [0.25, 0.3) is 11.3 Å². The van der Waals surface area contributed by atoms with Crippen LogP contribution in [0.5, 0.6) is 0 Å². The van der Waals surface area contributed by atoms with Crippen LogP contribution >= 0.6 is 0 Å². The van der Waals surface area contributed by atoms with Gasteiger partial charge < -0.3 is 0 Å². The third kappa shape index (κ3) is 3.70. The topological polar surface area (TPSA) is 87.0 Å². The molecule has 3 rings (SSSR count). The van der Waals surface area contributed by atoms with Gasteiger partial charge in [0.05, 0.1) is 11.4 Å². The summed E-state index contributed by atoms with van der Waals surface area (Å²) >= 11 is 0. The highest BCUT2D eigenvalue weighted by Crippen LogP contribution is 2.28. The van der Waals surface area contributed by atoms with Crippen LogP contribution in [0, 0.1) is 31.0 Å². The third-order valence-corrected chi connectivity index (χ3v) is 5.87. The van der Waals surface area contributed by atoms with E-state index >= 15 is 0 Å². The van der Waals surface area contributed by atoms with Gasteiger partial charge in [-0.15, -0.1) is 0 Å². The largest absolute Gasteiger partial charge is 0.281 e. The molecular formula is C20H17FN4O2S. The van der Waals surface area contributed by atoms with Gasteiger partial charge in [0.15, 0.2) is 5.03 Å². The Kier molecular flexibility index (Phi) is 5.12. The van der Waals surface area contributed by atoms with Crippen molar-refractivity contribution in [2.75, 3.05) is 11.4 Å². The summed E-state index contributed by atoms with van der Waals surface area (Å²) in [6.45, 7) is 3.52. The second-order valence-corrected chi connectivity index (χ2v) is 8.22. The Hall–Kier alpha value is -3.31. The van der Waals surface area contributed by atoms with E-state index in [2.05, 4.69) is 9.97 Å². The summed E-state index contributed by atoms with van der Waals surface area (Å²) in [5.74, 6) is -0.680. The van der Waals surface area contributed by atoms with Gasteiger partial charge >= 0.3 is 0 Å². The molecule has 2 aromatic heterocycles. The molecule has 0 saturated heterocycles. The minimum absolute atomic E-state index is 0.0550. The summed E-state index contributed by atoms with van der Waals surface area (Å²) < 4.78 is 41.0. The Labute approximate surface area is 163 Å². The number of nitrogens with zero attached hydrogens (tertiary/aromatic N) is 4. The van der Waals surface area contributed by atoms with E-state index in [1.165, 1.54) is 13.1 Å². The minimum Gasteiger partial charge on any atom is -0.268 e. The number of aryl methyl sites for hydroxylation is 2. The van der Waals surface area contributed by atoms with Gasteiger partial charge in [-0.1, -0.05) is 6.07 Å². The molecule has 0 bridgehead atoms. The van der Waals surface area contributed by atoms with Crippen LogP contribution in [0.3, 0.4) is 0 Å². The van der Waals surface area contributed by atoms with E-state index in [0.29, 0.717) is 22.6 Å². The Morgan fingerprint density at radius 2 is 1.89 bits per heavy atom. The van der Waals surface area contributed by atoms with Crippen molar-refractivity contribution >= 4 is 15.7 Å². The van der Waals surface area contributed by atoms with Crippen LogP contribution in [0.4, 0.5) is 10.1 Å². The summed E-state index contributed by atoms with van der Waals surface area (Å²) in [4.78, 5) is 8.21. The maximum atomic E-state index is 14.0. The van der Waals surface area contributed by atoms with Crippen LogP contribution in [-0.4, -0.2) is 25.4 Å². The number of benzene rings is 1. The molecule has 0 radical (unpaired) electrons. The molecular weight excluding hydrogens is 379 g/mol. The molecule has 0 amide bonds. The quantitative estimate of drug-likeness (QED) is 0.672. The predicted octanol–water partition coefficient (Wildman–Crippen LogP) is 3.60. The summed E-state index contributed by atoms with van der Waals surface area (Å²) in [7, 11) is -2.43. The van der Waals surface area contributed by atoms with E-state index in [0.717, 1.165) is 22.1 Å². The average molecular weight is 396 g/mol. The highest BCUT2D eigenvalue weighted by atomic mass is 32.2. The van der Waals surface area contributed by atoms with Gasteiger partial charge in [-0.05, 0) is 49.7 Å². The average Bonchev–Trinajstić information content (AvgIpc) is 2.66. The molecule has 0 atom stereocenters. The standard InChI is InChI=1S/C20H17FN4O2S/c1-13-7-15(19-10-18(21)16(11-22)12-23-19)9-17(8-13)25(3)28(26,27)20-6-4-5-14(2)24-20/h4-10,12H,1-3H3. The number of halogens is 1. The van der Waals surface area contributed by atoms with Crippen molar-refractivity contribution in [3.63, 3.8) is 0 Å². The number of rotatable bonds is 4. The number of pyridine rings is 2. The lowest BCUT2D eigenvalue weighted by atomic mass is 10.1. The lowest BCUT2D eigenvalue weighted by molar-refractivity contribution is 0.590. The first-order chi connectivity index (χ1) is 13.2. The van der Waals surface area contributed by atoms with Crippen molar-refractivity contribution in [2.45, 2.75) is 18.9 Å². The molecule has 0 unspecified atom stereocenters. The molecule has 0 aliphatic rings. The smallest absolute Gasteiger partial charge is 0.268 e. The molecule has 6 nitrogen and oxygen atoms in total. The molecule has 0 fully saturated rings. The minimum atomic E-state index is -3.86. The number of hydrogen-bond acceptors (Lipinski definition) is 5. The Balaban J connectivity index is 2.06. The maximum Gasteiger partial charge on any atom is 0.281 e. The van der Waals surface area contributed by atoms with E-state index in [1.807, 2.05) is 0 Å². The molecule has 0 N–H and O–H groups in total. The highest BCUT2D eigenvalue weighted by Gasteiger charge is 2.23. The molecule has 28 heavy (non-hydrogen) atoms. The molecule has 0 aliphatic heterocycles. The summed E-state index contributed by atoms with van der Waals surface area (Å²) in [6.07, 6.45) is 1.16. The molecule has 1 aromatic carbocycles. The first-order valence-electron chi connectivity index (χ1n) is 8.32. The molecule has 0 spiro atoms. The lowest BCUT2D eigenvalue weighted by Crippen LogP contribution is -2.27. The maximum absolute atomic E-state index is 14.0. The van der Waals surface area contributed by atoms with Gasteiger partial charge in [0.25, 0.3) is 10.0 Å². The third-order valence-electron chi connectivity index (χ3n) is 4.18. The van der Waals surface area contributed by atoms with E-state index < -0.39 is 15.8 Å². The molecule has 2 heterocycles. The van der Waals surface area contributed by atoms with Gasteiger partial charge in [-0.2, -0.15) is 13.7 Å². The van der Waals surface area contributed by atoms with Crippen molar-refractivity contribution in [3.8, 4) is 17.3 Å². The van der Waals surface area contributed by atoms with E-state index in [4.69, 9.17) is 5.26 Å². The second kappa shape index (κ2) is 7.37. The summed E-state index contributed by atoms with van der Waals surface area (Å²) in [5, 5.41) is 8.79. The zero-order valence-electron chi connectivity index (χ0n) is 15.5. The normalized spacial score (nSPS) is 11.1. The SMILES string of the molecule is Cc1cc(-c2cc(F)c(C#N)cn2)cc(N(C)S(=O)(=O)c2cccc(C)n2)c1. The Bertz CT molecular complexity index is 1200. The van der Waals surface area contributed by atoms with Gasteiger partial charge in [-0.25, -0.2) is 9.37 Å². The monoisotopic (exact) mass is 396 g/mol. The van der Waals surface area contributed by atoms with Gasteiger partial charge in [0.1, 0.15) is 17.4 Å². The first kappa shape index (κ1) is 19.5. The summed E-state index contributed by atoms with van der Waals surface area (Å²) in [6, 6.07) is 12.8. The van der Waals surface area contributed by atoms with Crippen LogP contribution in [0.1, 0.15) is 16.8 Å². The zero-order valence-corrected chi connectivity index (χ0v) is 16.3. The fourth-order valence-electron chi connectivity index (χ4n) is 2.70. The number of nitriles is 1. The fourth-order valence-corrected chi connectivity index (χ4v) is 3.88. The van der Waals surface area contributed by atoms with Crippen LogP contribution in [0.2, 0.25) is 0 Å². The van der Waals surface area contributed by atoms with E-state index in [-0.39, 0.29) is 10.6 Å². The highest BCUT2D eigenvalue weighted by molar-refractivity contribution is 7.92. The number of aromatic nitrogens is 2. The van der Waals surface area contributed by atoms with Gasteiger partial charge in [-0.3, -0.25) is 9.29 Å². The van der Waals surface area contributed by atoms with Gasteiger partial charge in [0.2, 0.25) is 0 Å². The summed E-state index contributed by atoms with van der Waals surface area (Å²) in [5.41, 5.74) is 2.46. The Morgan fingerprint density at radius 3 is 2.54 bits per heavy atom. The van der Waals surface area contributed by atoms with Crippen LogP contribution in [-0.2, 0) is 10.0 Å². The molecule has 8 heteroatoms. The lowest BCUT2D eigenvalue weighted by Gasteiger charge is -2.20. The van der Waals surface area contributed by atoms with Crippen LogP contribution in [0.15, 0.2) is 53.7 Å². The Morgan fingerprint density at radius 1 is 1.14 bits per heavy atom. The van der Waals surface area contributed by atoms with Crippen molar-refractivity contribution in [2.24, 2.45) is 0 Å². The number of sulfonamides is 1. The van der Waals surface area contributed by atoms with Crippen molar-refractivity contribution < 1.29 is 12.8 Å². The molecule has 142 valence electrons. The second-order valence-electron chi connectivity index (χ2n) is 6.31. The zero-order chi connectivity index (χ0) is 20.5. The van der Waals surface area contributed by atoms with Crippen molar-refractivity contribution in [3.05, 3.63) is 71.3 Å². The van der Waals surface area contributed by atoms with Crippen molar-refractivity contribution in [1.29, 1.82) is 5.26 Å². The van der Waals surface area contributed by atoms with Crippen molar-refractivity contribution in [1.82, 2.24) is 9.97 Å². The van der Waals surface area contributed by atoms with E-state index in [9.17, 15) is 12.8 Å². The number of anilines is 1. The molecule has 3 aromatic rings. The van der Waals surface area contributed by atoms with Crippen LogP contribution < -0.4 is 4.31 Å².